The Kier molecular flexibility index (Phi) is 5.19. The Morgan fingerprint density at radius 1 is 1.19 bits per heavy atom. The highest BCUT2D eigenvalue weighted by atomic mass is 16.5. The lowest BCUT2D eigenvalue weighted by atomic mass is 10.2. The molecule has 27 heavy (non-hydrogen) atoms. The molecule has 7 heteroatoms. The third-order valence-corrected chi connectivity index (χ3v) is 3.80. The lowest BCUT2D eigenvalue weighted by Crippen LogP contribution is -1.96. The first-order valence-corrected chi connectivity index (χ1v) is 8.07. The van der Waals surface area contributed by atoms with Crippen LogP contribution >= 0.6 is 0 Å². The molecule has 3 N–H and O–H groups in total. The third-order valence-electron chi connectivity index (χ3n) is 3.80. The molecule has 0 saturated heterocycles. The maximum Gasteiger partial charge on any atom is 0.215 e. The van der Waals surface area contributed by atoms with E-state index in [9.17, 15) is 5.11 Å². The van der Waals surface area contributed by atoms with Crippen LogP contribution in [0.2, 0.25) is 0 Å². The first-order valence-electron chi connectivity index (χ1n) is 8.07. The van der Waals surface area contributed by atoms with Crippen LogP contribution in [0.3, 0.4) is 0 Å². The standard InChI is InChI=1S/C20H17N5O2/c1-2-25-19(10-15(12-21)20(25)26)24-23-18-9-8-16(11-17(18)22)27-13-14-6-4-3-5-7-14/h2-11,26H,1,13,22H2. The molecule has 0 radical (unpaired) electrons. The van der Waals surface area contributed by atoms with Crippen LogP contribution in [0.1, 0.15) is 11.1 Å². The van der Waals surface area contributed by atoms with Gasteiger partial charge in [-0.3, -0.25) is 4.57 Å². The topological polar surface area (TPSA) is 109 Å². The number of nitrogen functional groups attached to an aromatic ring is 1. The fourth-order valence-corrected chi connectivity index (χ4v) is 2.40. The highest BCUT2D eigenvalue weighted by Gasteiger charge is 2.12. The average Bonchev–Trinajstić information content (AvgIpc) is 3.01. The molecule has 0 atom stereocenters. The van der Waals surface area contributed by atoms with E-state index in [-0.39, 0.29) is 17.3 Å². The van der Waals surface area contributed by atoms with Gasteiger partial charge in [-0.2, -0.15) is 5.26 Å². The van der Waals surface area contributed by atoms with Gasteiger partial charge in [0.15, 0.2) is 5.82 Å². The van der Waals surface area contributed by atoms with Crippen molar-refractivity contribution in [2.45, 2.75) is 6.61 Å². The van der Waals surface area contributed by atoms with Crippen LogP contribution < -0.4 is 10.5 Å². The van der Waals surface area contributed by atoms with Crippen LogP contribution in [0.5, 0.6) is 11.6 Å². The number of azo groups is 1. The molecule has 134 valence electrons. The highest BCUT2D eigenvalue weighted by Crippen LogP contribution is 2.32. The van der Waals surface area contributed by atoms with Gasteiger partial charge in [0.1, 0.15) is 29.7 Å². The van der Waals surface area contributed by atoms with Crippen LogP contribution in [-0.4, -0.2) is 9.67 Å². The van der Waals surface area contributed by atoms with Crippen LogP contribution in [0, 0.1) is 11.3 Å². The van der Waals surface area contributed by atoms with Crippen molar-refractivity contribution in [3.63, 3.8) is 0 Å². The maximum absolute atomic E-state index is 9.88. The summed E-state index contributed by atoms with van der Waals surface area (Å²) in [6.45, 7) is 4.02. The molecule has 0 fully saturated rings. The summed E-state index contributed by atoms with van der Waals surface area (Å²) >= 11 is 0. The van der Waals surface area contributed by atoms with Gasteiger partial charge in [-0.15, -0.1) is 10.2 Å². The largest absolute Gasteiger partial charge is 0.493 e. The normalized spacial score (nSPS) is 10.6. The molecule has 3 rings (SSSR count). The zero-order chi connectivity index (χ0) is 19.2. The van der Waals surface area contributed by atoms with E-state index in [0.29, 0.717) is 23.7 Å². The summed E-state index contributed by atoms with van der Waals surface area (Å²) in [6.07, 6.45) is 1.34. The fourth-order valence-electron chi connectivity index (χ4n) is 2.40. The Bertz CT molecular complexity index is 1030. The number of nitrogens with two attached hydrogens (primary N) is 1. The summed E-state index contributed by atoms with van der Waals surface area (Å²) in [4.78, 5) is 0. The molecule has 0 saturated carbocycles. The molecule has 1 aromatic heterocycles. The van der Waals surface area contributed by atoms with E-state index in [1.807, 2.05) is 36.4 Å². The van der Waals surface area contributed by atoms with Gasteiger partial charge in [0, 0.05) is 18.3 Å². The summed E-state index contributed by atoms with van der Waals surface area (Å²) in [7, 11) is 0. The van der Waals surface area contributed by atoms with E-state index in [2.05, 4.69) is 16.8 Å². The molecule has 0 aliphatic carbocycles. The van der Waals surface area contributed by atoms with Crippen molar-refractivity contribution in [2.75, 3.05) is 5.73 Å². The van der Waals surface area contributed by atoms with E-state index < -0.39 is 0 Å². The van der Waals surface area contributed by atoms with Gasteiger partial charge >= 0.3 is 0 Å². The molecule has 7 nitrogen and oxygen atoms in total. The number of hydrogen-bond acceptors (Lipinski definition) is 6. The number of aromatic hydroxyl groups is 1. The fraction of sp³-hybridized carbons (Fsp3) is 0.0500. The molecular formula is C20H17N5O2. The Morgan fingerprint density at radius 3 is 2.63 bits per heavy atom. The van der Waals surface area contributed by atoms with Crippen molar-refractivity contribution in [3.8, 4) is 17.7 Å². The minimum absolute atomic E-state index is 0.0847. The monoisotopic (exact) mass is 359 g/mol. The summed E-state index contributed by atoms with van der Waals surface area (Å²) in [5.41, 5.74) is 8.00. The molecule has 3 aromatic rings. The Balaban J connectivity index is 1.76. The van der Waals surface area contributed by atoms with Crippen molar-refractivity contribution in [1.29, 1.82) is 5.26 Å². The smallest absolute Gasteiger partial charge is 0.215 e. The molecule has 0 bridgehead atoms. The lowest BCUT2D eigenvalue weighted by Gasteiger charge is -2.08. The number of aromatic nitrogens is 1. The van der Waals surface area contributed by atoms with E-state index in [1.165, 1.54) is 16.8 Å². The van der Waals surface area contributed by atoms with Crippen molar-refractivity contribution in [3.05, 3.63) is 72.3 Å². The molecule has 0 aliphatic heterocycles. The minimum atomic E-state index is -0.237. The number of benzene rings is 2. The molecule has 0 spiro atoms. The summed E-state index contributed by atoms with van der Waals surface area (Å²) in [5.74, 6) is 0.649. The Hall–Kier alpha value is -4.05. The minimum Gasteiger partial charge on any atom is -0.493 e. The zero-order valence-electron chi connectivity index (χ0n) is 14.4. The van der Waals surface area contributed by atoms with Gasteiger partial charge in [-0.1, -0.05) is 36.9 Å². The molecule has 2 aromatic carbocycles. The zero-order valence-corrected chi connectivity index (χ0v) is 14.4. The maximum atomic E-state index is 9.88. The molecule has 1 heterocycles. The van der Waals surface area contributed by atoms with E-state index in [4.69, 9.17) is 15.7 Å². The van der Waals surface area contributed by atoms with E-state index in [0.717, 1.165) is 5.56 Å². The van der Waals surface area contributed by atoms with E-state index in [1.54, 1.807) is 18.2 Å². The van der Waals surface area contributed by atoms with Crippen LogP contribution in [0.25, 0.3) is 6.20 Å². The predicted molar refractivity (Wildman–Crippen MR) is 103 cm³/mol. The number of nitriles is 1. The molecule has 0 aliphatic rings. The summed E-state index contributed by atoms with van der Waals surface area (Å²) in [6, 6.07) is 18.2. The van der Waals surface area contributed by atoms with Gasteiger partial charge in [0.25, 0.3) is 0 Å². The Labute approximate surface area is 156 Å². The second-order valence-corrected chi connectivity index (χ2v) is 5.60. The third kappa shape index (κ3) is 3.96. The summed E-state index contributed by atoms with van der Waals surface area (Å²) < 4.78 is 6.98. The van der Waals surface area contributed by atoms with Gasteiger partial charge in [0.2, 0.25) is 5.88 Å². The van der Waals surface area contributed by atoms with Crippen LogP contribution in [0.15, 0.2) is 71.4 Å². The molecule has 0 unspecified atom stereocenters. The van der Waals surface area contributed by atoms with Gasteiger partial charge in [-0.25, -0.2) is 0 Å². The number of hydrogen-bond donors (Lipinski definition) is 2. The second-order valence-electron chi connectivity index (χ2n) is 5.60. The lowest BCUT2D eigenvalue weighted by molar-refractivity contribution is 0.306. The highest BCUT2D eigenvalue weighted by molar-refractivity contribution is 5.65. The number of anilines is 1. The van der Waals surface area contributed by atoms with Crippen molar-refractivity contribution in [1.82, 2.24) is 4.57 Å². The average molecular weight is 359 g/mol. The van der Waals surface area contributed by atoms with Gasteiger partial charge in [0.05, 0.1) is 5.69 Å². The number of nitrogens with zero attached hydrogens (tertiary/aromatic N) is 4. The van der Waals surface area contributed by atoms with E-state index >= 15 is 0 Å². The number of rotatable bonds is 6. The second kappa shape index (κ2) is 7.89. The van der Waals surface area contributed by atoms with Crippen molar-refractivity contribution >= 4 is 23.4 Å². The molecule has 0 amide bonds. The van der Waals surface area contributed by atoms with Crippen molar-refractivity contribution in [2.24, 2.45) is 10.2 Å². The first-order chi connectivity index (χ1) is 13.1. The predicted octanol–water partition coefficient (Wildman–Crippen LogP) is 4.74. The van der Waals surface area contributed by atoms with Crippen molar-refractivity contribution < 1.29 is 9.84 Å². The Morgan fingerprint density at radius 2 is 1.96 bits per heavy atom. The quantitative estimate of drug-likeness (QED) is 0.489. The first kappa shape index (κ1) is 17.8. The SMILES string of the molecule is C=Cn1c(N=Nc2ccc(OCc3ccccc3)cc2N)cc(C#N)c1O. The number of ether oxygens (including phenoxy) is 1. The molecular weight excluding hydrogens is 342 g/mol. The van der Waals surface area contributed by atoms with Crippen LogP contribution in [-0.2, 0) is 6.61 Å². The van der Waals surface area contributed by atoms with Gasteiger partial charge < -0.3 is 15.6 Å². The van der Waals surface area contributed by atoms with Gasteiger partial charge in [-0.05, 0) is 17.7 Å². The summed E-state index contributed by atoms with van der Waals surface area (Å²) in [5, 5.41) is 27.0. The van der Waals surface area contributed by atoms with Crippen LogP contribution in [0.4, 0.5) is 17.2 Å².